The Hall–Kier alpha value is -3.48. The number of likely N-dealkylation sites (tertiary alicyclic amines) is 1. The van der Waals surface area contributed by atoms with Crippen LogP contribution >= 0.6 is 0 Å². The lowest BCUT2D eigenvalue weighted by molar-refractivity contribution is -0.137. The lowest BCUT2D eigenvalue weighted by Crippen LogP contribution is -2.26. The second-order valence-corrected chi connectivity index (χ2v) is 6.61. The van der Waals surface area contributed by atoms with E-state index in [9.17, 15) is 14.4 Å². The number of hydrogen-bond acceptors (Lipinski definition) is 4. The molecule has 3 amide bonds. The van der Waals surface area contributed by atoms with E-state index in [1.165, 1.54) is 7.05 Å². The molecule has 27 heavy (non-hydrogen) atoms. The van der Waals surface area contributed by atoms with Crippen LogP contribution in [0.15, 0.2) is 48.8 Å². The van der Waals surface area contributed by atoms with Crippen molar-refractivity contribution in [2.45, 2.75) is 12.3 Å². The normalized spacial score (nSPS) is 17.0. The molecule has 136 valence electrons. The zero-order chi connectivity index (χ0) is 19.1. The molecule has 0 bridgehead atoms. The maximum atomic E-state index is 13.0. The Morgan fingerprint density at radius 3 is 2.67 bits per heavy atom. The van der Waals surface area contributed by atoms with E-state index in [1.54, 1.807) is 36.1 Å². The molecule has 4 rings (SSSR count). The van der Waals surface area contributed by atoms with Crippen LogP contribution in [-0.2, 0) is 16.6 Å². The summed E-state index contributed by atoms with van der Waals surface area (Å²) in [6.07, 6.45) is 3.47. The maximum Gasteiger partial charge on any atom is 0.272 e. The van der Waals surface area contributed by atoms with E-state index in [0.29, 0.717) is 22.5 Å². The van der Waals surface area contributed by atoms with Crippen molar-refractivity contribution < 1.29 is 14.4 Å². The predicted octanol–water partition coefficient (Wildman–Crippen LogP) is 2.30. The van der Waals surface area contributed by atoms with E-state index in [-0.39, 0.29) is 24.1 Å². The van der Waals surface area contributed by atoms with Crippen molar-refractivity contribution in [1.29, 1.82) is 0 Å². The second kappa shape index (κ2) is 6.35. The summed E-state index contributed by atoms with van der Waals surface area (Å²) in [7, 11) is 3.21. The Labute approximate surface area is 155 Å². The highest BCUT2D eigenvalue weighted by atomic mass is 16.2. The SMILES string of the molecule is CN1C(=O)CC(c2ccn(C)c2C(=O)Nc2cccc3cccnc23)C1=O. The number of hydrogen-bond donors (Lipinski definition) is 1. The summed E-state index contributed by atoms with van der Waals surface area (Å²) in [5.74, 6) is -1.49. The quantitative estimate of drug-likeness (QED) is 0.725. The number of likely N-dealkylation sites (N-methyl/N-ethyl adjacent to an activating group) is 1. The molecule has 3 heterocycles. The van der Waals surface area contributed by atoms with Gasteiger partial charge in [-0.1, -0.05) is 18.2 Å². The number of nitrogens with zero attached hydrogens (tertiary/aromatic N) is 3. The van der Waals surface area contributed by atoms with E-state index >= 15 is 0 Å². The topological polar surface area (TPSA) is 84.3 Å². The first-order valence-corrected chi connectivity index (χ1v) is 8.58. The molecule has 1 aromatic carbocycles. The average Bonchev–Trinajstić information content (AvgIpc) is 3.17. The fourth-order valence-electron chi connectivity index (χ4n) is 3.51. The molecule has 0 spiro atoms. The summed E-state index contributed by atoms with van der Waals surface area (Å²) >= 11 is 0. The van der Waals surface area contributed by atoms with Gasteiger partial charge in [-0.3, -0.25) is 24.3 Å². The van der Waals surface area contributed by atoms with E-state index in [0.717, 1.165) is 10.3 Å². The number of para-hydroxylation sites is 1. The number of carbonyl (C=O) groups excluding carboxylic acids is 3. The maximum absolute atomic E-state index is 13.0. The van der Waals surface area contributed by atoms with Crippen LogP contribution in [0.1, 0.15) is 28.4 Å². The Balaban J connectivity index is 1.70. The molecule has 0 saturated carbocycles. The first-order valence-electron chi connectivity index (χ1n) is 8.58. The number of carbonyl (C=O) groups is 3. The Bertz CT molecular complexity index is 1080. The number of imide groups is 1. The standard InChI is InChI=1S/C20H18N4O3/c1-23-10-8-13(14-11-16(25)24(2)20(14)27)18(23)19(26)22-15-7-3-5-12-6-4-9-21-17(12)15/h3-10,14H,11H2,1-2H3,(H,22,26). The molecule has 2 aromatic heterocycles. The van der Waals surface area contributed by atoms with Crippen molar-refractivity contribution in [3.8, 4) is 0 Å². The van der Waals surface area contributed by atoms with E-state index in [2.05, 4.69) is 10.3 Å². The summed E-state index contributed by atoms with van der Waals surface area (Å²) in [5, 5.41) is 3.81. The molecule has 7 nitrogen and oxygen atoms in total. The van der Waals surface area contributed by atoms with Gasteiger partial charge in [-0.15, -0.1) is 0 Å². The van der Waals surface area contributed by atoms with Crippen LogP contribution in [0, 0.1) is 0 Å². The minimum atomic E-state index is -0.630. The van der Waals surface area contributed by atoms with Gasteiger partial charge >= 0.3 is 0 Å². The highest BCUT2D eigenvalue weighted by molar-refractivity contribution is 6.11. The Morgan fingerprint density at radius 2 is 1.93 bits per heavy atom. The zero-order valence-corrected chi connectivity index (χ0v) is 15.0. The fourth-order valence-corrected chi connectivity index (χ4v) is 3.51. The molecular weight excluding hydrogens is 344 g/mol. The predicted molar refractivity (Wildman–Crippen MR) is 100 cm³/mol. The number of benzene rings is 1. The molecule has 1 fully saturated rings. The van der Waals surface area contributed by atoms with Gasteiger partial charge in [0.25, 0.3) is 5.91 Å². The number of rotatable bonds is 3. The molecule has 3 aromatic rings. The smallest absolute Gasteiger partial charge is 0.272 e. The third-order valence-electron chi connectivity index (χ3n) is 4.96. The van der Waals surface area contributed by atoms with Gasteiger partial charge in [0, 0.05) is 38.3 Å². The Morgan fingerprint density at radius 1 is 1.15 bits per heavy atom. The van der Waals surface area contributed by atoms with E-state index < -0.39 is 5.92 Å². The number of pyridine rings is 1. The minimum absolute atomic E-state index is 0.0788. The molecule has 1 saturated heterocycles. The lowest BCUT2D eigenvalue weighted by atomic mass is 9.97. The fraction of sp³-hybridized carbons (Fsp3) is 0.200. The van der Waals surface area contributed by atoms with Gasteiger partial charge in [-0.2, -0.15) is 0 Å². The average molecular weight is 362 g/mol. The van der Waals surface area contributed by atoms with Gasteiger partial charge in [-0.05, 0) is 23.8 Å². The van der Waals surface area contributed by atoms with Crippen LogP contribution < -0.4 is 5.32 Å². The number of aryl methyl sites for hydroxylation is 1. The number of fused-ring (bicyclic) bond motifs is 1. The van der Waals surface area contributed by atoms with Crippen LogP contribution in [0.25, 0.3) is 10.9 Å². The van der Waals surface area contributed by atoms with Gasteiger partial charge in [-0.25, -0.2) is 0 Å². The number of anilines is 1. The highest BCUT2D eigenvalue weighted by Gasteiger charge is 2.39. The molecule has 0 aliphatic carbocycles. The third kappa shape index (κ3) is 2.77. The molecule has 1 aliphatic rings. The molecule has 1 N–H and O–H groups in total. The Kier molecular flexibility index (Phi) is 3.99. The van der Waals surface area contributed by atoms with Gasteiger partial charge < -0.3 is 9.88 Å². The minimum Gasteiger partial charge on any atom is -0.346 e. The number of aromatic nitrogens is 2. The van der Waals surface area contributed by atoms with E-state index in [4.69, 9.17) is 0 Å². The molecule has 0 radical (unpaired) electrons. The van der Waals surface area contributed by atoms with Crippen LogP contribution in [0.4, 0.5) is 5.69 Å². The van der Waals surface area contributed by atoms with Gasteiger partial charge in [0.2, 0.25) is 11.8 Å². The first-order chi connectivity index (χ1) is 13.0. The second-order valence-electron chi connectivity index (χ2n) is 6.61. The van der Waals surface area contributed by atoms with Crippen molar-refractivity contribution in [1.82, 2.24) is 14.5 Å². The van der Waals surface area contributed by atoms with Crippen LogP contribution in [0.5, 0.6) is 0 Å². The van der Waals surface area contributed by atoms with Crippen LogP contribution in [0.3, 0.4) is 0 Å². The largest absolute Gasteiger partial charge is 0.346 e. The number of amides is 3. The van der Waals surface area contributed by atoms with Gasteiger partial charge in [0.1, 0.15) is 5.69 Å². The highest BCUT2D eigenvalue weighted by Crippen LogP contribution is 2.32. The van der Waals surface area contributed by atoms with Gasteiger partial charge in [0.15, 0.2) is 0 Å². The summed E-state index contributed by atoms with van der Waals surface area (Å²) in [4.78, 5) is 42.7. The molecule has 7 heteroatoms. The van der Waals surface area contributed by atoms with Crippen molar-refractivity contribution in [3.63, 3.8) is 0 Å². The summed E-state index contributed by atoms with van der Waals surface area (Å²) in [6, 6.07) is 11.0. The van der Waals surface area contributed by atoms with Crippen molar-refractivity contribution in [3.05, 3.63) is 60.0 Å². The number of nitrogens with one attached hydrogen (secondary N) is 1. The molecule has 1 aliphatic heterocycles. The summed E-state index contributed by atoms with van der Waals surface area (Å²) in [5.41, 5.74) is 2.21. The lowest BCUT2D eigenvalue weighted by Gasteiger charge is -2.13. The van der Waals surface area contributed by atoms with Crippen molar-refractivity contribution in [2.24, 2.45) is 7.05 Å². The first kappa shape index (κ1) is 17.0. The summed E-state index contributed by atoms with van der Waals surface area (Å²) in [6.45, 7) is 0. The van der Waals surface area contributed by atoms with Crippen LogP contribution in [0.2, 0.25) is 0 Å². The molecule has 1 unspecified atom stereocenters. The molecule has 1 atom stereocenters. The van der Waals surface area contributed by atoms with Crippen molar-refractivity contribution >= 4 is 34.3 Å². The van der Waals surface area contributed by atoms with Crippen molar-refractivity contribution in [2.75, 3.05) is 12.4 Å². The third-order valence-corrected chi connectivity index (χ3v) is 4.96. The van der Waals surface area contributed by atoms with E-state index in [1.807, 2.05) is 24.3 Å². The summed E-state index contributed by atoms with van der Waals surface area (Å²) < 4.78 is 1.67. The van der Waals surface area contributed by atoms with Crippen LogP contribution in [-0.4, -0.2) is 39.2 Å². The zero-order valence-electron chi connectivity index (χ0n) is 15.0. The molecular formula is C20H18N4O3. The van der Waals surface area contributed by atoms with Gasteiger partial charge in [0.05, 0.1) is 17.1 Å². The monoisotopic (exact) mass is 362 g/mol.